The first-order valence-corrected chi connectivity index (χ1v) is 8.11. The number of carbonyl (C=O) groups excluding carboxylic acids is 1. The Morgan fingerprint density at radius 3 is 2.57 bits per heavy atom. The van der Waals surface area contributed by atoms with Crippen molar-refractivity contribution in [3.05, 3.63) is 48.0 Å². The van der Waals surface area contributed by atoms with E-state index in [4.69, 9.17) is 5.11 Å². The summed E-state index contributed by atoms with van der Waals surface area (Å²) in [6.45, 7) is 0. The molecule has 3 rings (SSSR count). The highest BCUT2D eigenvalue weighted by atomic mass is 16.4. The van der Waals surface area contributed by atoms with E-state index in [0.717, 1.165) is 12.8 Å². The van der Waals surface area contributed by atoms with Gasteiger partial charge in [-0.05, 0) is 42.0 Å². The quantitative estimate of drug-likeness (QED) is 0.861. The highest BCUT2D eigenvalue weighted by Crippen LogP contribution is 2.27. The number of fused-ring (bicyclic) bond motifs is 1. The Kier molecular flexibility index (Phi) is 4.60. The lowest BCUT2D eigenvalue weighted by atomic mass is 9.80. The minimum atomic E-state index is -0.758. The van der Waals surface area contributed by atoms with E-state index in [1.807, 2.05) is 12.1 Å². The molecule has 0 saturated heterocycles. The van der Waals surface area contributed by atoms with Gasteiger partial charge in [-0.2, -0.15) is 0 Å². The van der Waals surface area contributed by atoms with Crippen LogP contribution in [-0.4, -0.2) is 23.0 Å². The van der Waals surface area contributed by atoms with Crippen LogP contribution in [0.3, 0.4) is 0 Å². The Morgan fingerprint density at radius 2 is 1.83 bits per heavy atom. The number of carboxylic acid groups (broad SMARTS) is 1. The second-order valence-electron chi connectivity index (χ2n) is 6.31. The Labute approximate surface area is 135 Å². The van der Waals surface area contributed by atoms with Gasteiger partial charge < -0.3 is 10.4 Å². The molecule has 0 spiro atoms. The predicted octanol–water partition coefficient (Wildman–Crippen LogP) is 3.14. The molecular formula is C19H21NO3. The van der Waals surface area contributed by atoms with Gasteiger partial charge in [0.05, 0.1) is 5.92 Å². The van der Waals surface area contributed by atoms with Crippen molar-refractivity contribution in [2.45, 2.75) is 38.1 Å². The van der Waals surface area contributed by atoms with Gasteiger partial charge in [0.15, 0.2) is 0 Å². The molecule has 1 aliphatic rings. The molecule has 0 aliphatic heterocycles. The van der Waals surface area contributed by atoms with Gasteiger partial charge >= 0.3 is 5.97 Å². The number of aryl methyl sites for hydroxylation is 1. The molecule has 0 heterocycles. The molecule has 0 aromatic heterocycles. The lowest BCUT2D eigenvalue weighted by Gasteiger charge is -2.32. The van der Waals surface area contributed by atoms with Crippen molar-refractivity contribution in [1.29, 1.82) is 0 Å². The van der Waals surface area contributed by atoms with Crippen LogP contribution in [0.25, 0.3) is 10.8 Å². The van der Waals surface area contributed by atoms with Crippen molar-refractivity contribution in [1.82, 2.24) is 5.32 Å². The fourth-order valence-corrected chi connectivity index (χ4v) is 3.08. The van der Waals surface area contributed by atoms with E-state index < -0.39 is 5.97 Å². The first-order chi connectivity index (χ1) is 11.1. The smallest absolute Gasteiger partial charge is 0.306 e. The number of carbonyl (C=O) groups is 2. The zero-order valence-electron chi connectivity index (χ0n) is 13.0. The number of hydrogen-bond acceptors (Lipinski definition) is 2. The molecule has 0 atom stereocenters. The van der Waals surface area contributed by atoms with Crippen LogP contribution < -0.4 is 5.32 Å². The summed E-state index contributed by atoms with van der Waals surface area (Å²) in [6.07, 6.45) is 3.29. The molecule has 2 aromatic carbocycles. The van der Waals surface area contributed by atoms with Crippen molar-refractivity contribution in [3.63, 3.8) is 0 Å². The number of nitrogens with one attached hydrogen (secondary N) is 1. The van der Waals surface area contributed by atoms with Gasteiger partial charge in [0, 0.05) is 12.5 Å². The minimum absolute atomic E-state index is 0.0274. The van der Waals surface area contributed by atoms with Crippen LogP contribution in [0.15, 0.2) is 42.5 Å². The lowest BCUT2D eigenvalue weighted by Crippen LogP contribution is -2.46. The SMILES string of the molecule is O=C(CCCc1ccc2ccccc2c1)NC1CC(C(=O)O)C1. The van der Waals surface area contributed by atoms with Crippen molar-refractivity contribution in [2.24, 2.45) is 5.92 Å². The second-order valence-corrected chi connectivity index (χ2v) is 6.31. The van der Waals surface area contributed by atoms with Crippen molar-refractivity contribution < 1.29 is 14.7 Å². The van der Waals surface area contributed by atoms with Gasteiger partial charge in [0.2, 0.25) is 5.91 Å². The number of carboxylic acids is 1. The van der Waals surface area contributed by atoms with Gasteiger partial charge in [-0.3, -0.25) is 9.59 Å². The van der Waals surface area contributed by atoms with Gasteiger partial charge in [0.1, 0.15) is 0 Å². The third kappa shape index (κ3) is 3.89. The monoisotopic (exact) mass is 311 g/mol. The number of aliphatic carboxylic acids is 1. The highest BCUT2D eigenvalue weighted by Gasteiger charge is 2.34. The normalized spacial score (nSPS) is 20.0. The molecule has 1 aliphatic carbocycles. The molecule has 4 nitrogen and oxygen atoms in total. The van der Waals surface area contributed by atoms with E-state index in [1.165, 1.54) is 16.3 Å². The Bertz CT molecular complexity index is 719. The molecule has 0 radical (unpaired) electrons. The first kappa shape index (κ1) is 15.5. The van der Waals surface area contributed by atoms with Crippen molar-refractivity contribution in [3.8, 4) is 0 Å². The van der Waals surface area contributed by atoms with E-state index >= 15 is 0 Å². The molecule has 0 unspecified atom stereocenters. The lowest BCUT2D eigenvalue weighted by molar-refractivity contribution is -0.146. The first-order valence-electron chi connectivity index (χ1n) is 8.11. The molecule has 4 heteroatoms. The number of amides is 1. The minimum Gasteiger partial charge on any atom is -0.481 e. The molecule has 1 saturated carbocycles. The van der Waals surface area contributed by atoms with Crippen LogP contribution in [0.2, 0.25) is 0 Å². The fourth-order valence-electron chi connectivity index (χ4n) is 3.08. The maximum absolute atomic E-state index is 11.9. The highest BCUT2D eigenvalue weighted by molar-refractivity contribution is 5.83. The van der Waals surface area contributed by atoms with Crippen LogP contribution in [-0.2, 0) is 16.0 Å². The van der Waals surface area contributed by atoms with Gasteiger partial charge in [-0.15, -0.1) is 0 Å². The van der Waals surface area contributed by atoms with Crippen molar-refractivity contribution >= 4 is 22.6 Å². The van der Waals surface area contributed by atoms with E-state index in [2.05, 4.69) is 35.6 Å². The Balaban J connectivity index is 1.42. The van der Waals surface area contributed by atoms with E-state index in [0.29, 0.717) is 19.3 Å². The average molecular weight is 311 g/mol. The van der Waals surface area contributed by atoms with E-state index in [1.54, 1.807) is 0 Å². The van der Waals surface area contributed by atoms with Crippen LogP contribution in [0.1, 0.15) is 31.2 Å². The third-order valence-electron chi connectivity index (χ3n) is 4.54. The standard InChI is InChI=1S/C19H21NO3/c21-18(20-17-11-16(12-17)19(22)23)7-3-4-13-8-9-14-5-1-2-6-15(14)10-13/h1-2,5-6,8-10,16-17H,3-4,7,11-12H2,(H,20,21)(H,22,23). The Hall–Kier alpha value is -2.36. The summed E-state index contributed by atoms with van der Waals surface area (Å²) >= 11 is 0. The third-order valence-corrected chi connectivity index (χ3v) is 4.54. The molecule has 0 bridgehead atoms. The van der Waals surface area contributed by atoms with Crippen LogP contribution in [0.4, 0.5) is 0 Å². The summed E-state index contributed by atoms with van der Waals surface area (Å²) in [5.41, 5.74) is 1.24. The summed E-state index contributed by atoms with van der Waals surface area (Å²) in [4.78, 5) is 22.6. The molecule has 23 heavy (non-hydrogen) atoms. The average Bonchev–Trinajstić information content (AvgIpc) is 2.50. The van der Waals surface area contributed by atoms with Crippen LogP contribution >= 0.6 is 0 Å². The summed E-state index contributed by atoms with van der Waals surface area (Å²) in [5, 5.41) is 14.2. The summed E-state index contributed by atoms with van der Waals surface area (Å²) in [5.74, 6) is -1.01. The molecular weight excluding hydrogens is 290 g/mol. The maximum Gasteiger partial charge on any atom is 0.306 e. The topological polar surface area (TPSA) is 66.4 Å². The summed E-state index contributed by atoms with van der Waals surface area (Å²) < 4.78 is 0. The summed E-state index contributed by atoms with van der Waals surface area (Å²) in [7, 11) is 0. The van der Waals surface area contributed by atoms with Crippen molar-refractivity contribution in [2.75, 3.05) is 0 Å². The van der Waals surface area contributed by atoms with E-state index in [9.17, 15) is 9.59 Å². The van der Waals surface area contributed by atoms with Crippen LogP contribution in [0, 0.1) is 5.92 Å². The zero-order chi connectivity index (χ0) is 16.2. The van der Waals surface area contributed by atoms with Gasteiger partial charge in [-0.25, -0.2) is 0 Å². The maximum atomic E-state index is 11.9. The predicted molar refractivity (Wildman–Crippen MR) is 89.2 cm³/mol. The molecule has 1 amide bonds. The molecule has 2 N–H and O–H groups in total. The largest absolute Gasteiger partial charge is 0.481 e. The Morgan fingerprint density at radius 1 is 1.09 bits per heavy atom. The second kappa shape index (κ2) is 6.82. The van der Waals surface area contributed by atoms with Crippen LogP contribution in [0.5, 0.6) is 0 Å². The molecule has 1 fully saturated rings. The molecule has 120 valence electrons. The number of benzene rings is 2. The fraction of sp³-hybridized carbons (Fsp3) is 0.368. The number of rotatable bonds is 6. The van der Waals surface area contributed by atoms with Gasteiger partial charge in [-0.1, -0.05) is 42.5 Å². The van der Waals surface area contributed by atoms with Gasteiger partial charge in [0.25, 0.3) is 0 Å². The van der Waals surface area contributed by atoms with E-state index in [-0.39, 0.29) is 17.9 Å². The number of hydrogen-bond donors (Lipinski definition) is 2. The molecule has 2 aromatic rings. The zero-order valence-corrected chi connectivity index (χ0v) is 13.0. The summed E-state index contributed by atoms with van der Waals surface area (Å²) in [6, 6.07) is 14.7.